The van der Waals surface area contributed by atoms with E-state index in [4.69, 9.17) is 4.74 Å². The fourth-order valence-corrected chi connectivity index (χ4v) is 2.29. The molecule has 163 valence electrons. The largest absolute Gasteiger partial charge is 0.486 e. The average Bonchev–Trinajstić information content (AvgIpc) is 3.26. The number of benzene rings is 1. The first-order valence-corrected chi connectivity index (χ1v) is 8.59. The summed E-state index contributed by atoms with van der Waals surface area (Å²) in [5, 5.41) is 6.25. The Morgan fingerprint density at radius 1 is 1.03 bits per heavy atom. The molecular formula is C20H15F3IrN6O-2. The maximum atomic E-state index is 12.1. The number of nitrogens with zero attached hydrogens (tertiary/aromatic N) is 6. The van der Waals surface area contributed by atoms with Crippen molar-refractivity contribution in [3.8, 4) is 28.7 Å². The van der Waals surface area contributed by atoms with Gasteiger partial charge in [0.15, 0.2) is 5.88 Å². The molecule has 11 heteroatoms. The van der Waals surface area contributed by atoms with Crippen LogP contribution < -0.4 is 9.84 Å². The number of aromatic nitrogens is 6. The number of methoxy groups -OCH3 is 1. The number of hydrogen-bond acceptors (Lipinski definition) is 6. The van der Waals surface area contributed by atoms with Gasteiger partial charge in [0, 0.05) is 38.2 Å². The van der Waals surface area contributed by atoms with Crippen molar-refractivity contribution in [3.05, 3.63) is 72.4 Å². The van der Waals surface area contributed by atoms with Gasteiger partial charge in [0.2, 0.25) is 0 Å². The molecule has 0 bridgehead atoms. The fraction of sp³-hybridized carbons (Fsp3) is 0.150. The third-order valence-corrected chi connectivity index (χ3v) is 3.62. The molecule has 31 heavy (non-hydrogen) atoms. The van der Waals surface area contributed by atoms with E-state index in [0.29, 0.717) is 5.88 Å². The maximum absolute atomic E-state index is 12.1. The molecule has 0 aliphatic carbocycles. The van der Waals surface area contributed by atoms with Crippen molar-refractivity contribution in [3.63, 3.8) is 0 Å². The number of pyridine rings is 1. The van der Waals surface area contributed by atoms with Gasteiger partial charge in [-0.2, -0.15) is 13.2 Å². The molecule has 0 saturated carbocycles. The smallest absolute Gasteiger partial charge is 0.429 e. The molecule has 0 fully saturated rings. The van der Waals surface area contributed by atoms with Crippen molar-refractivity contribution >= 4 is 0 Å². The van der Waals surface area contributed by atoms with Crippen LogP contribution in [0, 0.1) is 13.0 Å². The van der Waals surface area contributed by atoms with Crippen LogP contribution in [0.25, 0.3) is 22.8 Å². The van der Waals surface area contributed by atoms with E-state index >= 15 is 0 Å². The Labute approximate surface area is 189 Å². The number of halogens is 3. The maximum Gasteiger partial charge on any atom is 0.429 e. The summed E-state index contributed by atoms with van der Waals surface area (Å²) >= 11 is 0. The summed E-state index contributed by atoms with van der Waals surface area (Å²) in [6.45, 7) is 1.88. The van der Waals surface area contributed by atoms with Gasteiger partial charge < -0.3 is 14.8 Å². The zero-order valence-electron chi connectivity index (χ0n) is 16.3. The van der Waals surface area contributed by atoms with Crippen molar-refractivity contribution in [1.29, 1.82) is 0 Å². The summed E-state index contributed by atoms with van der Waals surface area (Å²) in [6, 6.07) is 15.5. The van der Waals surface area contributed by atoms with Gasteiger partial charge in [-0.05, 0) is 24.9 Å². The Morgan fingerprint density at radius 3 is 2.39 bits per heavy atom. The second kappa shape index (κ2) is 10.7. The number of rotatable bonds is 3. The molecular weight excluding hydrogens is 589 g/mol. The molecule has 0 N–H and O–H groups in total. The second-order valence-electron chi connectivity index (χ2n) is 5.82. The van der Waals surface area contributed by atoms with E-state index < -0.39 is 12.0 Å². The van der Waals surface area contributed by atoms with Gasteiger partial charge in [0.25, 0.3) is 0 Å². The van der Waals surface area contributed by atoms with Crippen molar-refractivity contribution in [1.82, 2.24) is 30.1 Å². The third kappa shape index (κ3) is 6.40. The predicted molar refractivity (Wildman–Crippen MR) is 101 cm³/mol. The number of alkyl halides is 3. The molecule has 3 heterocycles. The van der Waals surface area contributed by atoms with E-state index in [1.54, 1.807) is 25.4 Å². The SMILES string of the molecule is COc1nc(C)cnc1-c1[c-]cccc1.FC(F)(F)c1n[n-]c(-c2ccccn2)n1.[Ir]. The van der Waals surface area contributed by atoms with Crippen LogP contribution in [0.2, 0.25) is 0 Å². The molecule has 1 radical (unpaired) electrons. The Kier molecular flexibility index (Phi) is 8.35. The van der Waals surface area contributed by atoms with Crippen LogP contribution in [0.5, 0.6) is 5.88 Å². The monoisotopic (exact) mass is 605 g/mol. The number of hydrogen-bond donors (Lipinski definition) is 0. The number of ether oxygens (including phenoxy) is 1. The molecule has 3 aromatic heterocycles. The second-order valence-corrected chi connectivity index (χ2v) is 5.82. The minimum absolute atomic E-state index is 0. The van der Waals surface area contributed by atoms with E-state index in [-0.39, 0.29) is 31.6 Å². The van der Waals surface area contributed by atoms with Gasteiger partial charge in [-0.15, -0.1) is 35.9 Å². The van der Waals surface area contributed by atoms with Crippen LogP contribution in [-0.2, 0) is 26.3 Å². The molecule has 7 nitrogen and oxygen atoms in total. The Balaban J connectivity index is 0.000000213. The fourth-order valence-electron chi connectivity index (χ4n) is 2.29. The molecule has 4 rings (SSSR count). The summed E-state index contributed by atoms with van der Waals surface area (Å²) in [5.74, 6) is -0.830. The summed E-state index contributed by atoms with van der Waals surface area (Å²) in [4.78, 5) is 15.6. The zero-order chi connectivity index (χ0) is 21.6. The predicted octanol–water partition coefficient (Wildman–Crippen LogP) is 3.77. The first-order valence-electron chi connectivity index (χ1n) is 8.59. The molecule has 1 aromatic carbocycles. The van der Waals surface area contributed by atoms with Gasteiger partial charge in [0.05, 0.1) is 18.5 Å². The van der Waals surface area contributed by atoms with Crippen LogP contribution in [0.15, 0.2) is 54.9 Å². The van der Waals surface area contributed by atoms with Gasteiger partial charge >= 0.3 is 6.18 Å². The topological polar surface area (TPSA) is 87.8 Å². The Hall–Kier alpha value is -3.17. The molecule has 0 aliphatic heterocycles. The Bertz CT molecular complexity index is 1090. The summed E-state index contributed by atoms with van der Waals surface area (Å²) in [5.41, 5.74) is 2.72. The molecule has 0 aliphatic rings. The van der Waals surface area contributed by atoms with Crippen LogP contribution in [0.1, 0.15) is 11.5 Å². The van der Waals surface area contributed by atoms with E-state index in [9.17, 15) is 13.2 Å². The first kappa shape index (κ1) is 24.1. The quantitative estimate of drug-likeness (QED) is 0.329. The van der Waals surface area contributed by atoms with Crippen LogP contribution in [0.3, 0.4) is 0 Å². The molecule has 0 atom stereocenters. The van der Waals surface area contributed by atoms with Crippen molar-refractivity contribution in [2.75, 3.05) is 7.11 Å². The van der Waals surface area contributed by atoms with Crippen molar-refractivity contribution < 1.29 is 38.0 Å². The average molecular weight is 605 g/mol. The zero-order valence-corrected chi connectivity index (χ0v) is 18.7. The summed E-state index contributed by atoms with van der Waals surface area (Å²) in [7, 11) is 1.59. The van der Waals surface area contributed by atoms with Crippen molar-refractivity contribution in [2.24, 2.45) is 0 Å². The van der Waals surface area contributed by atoms with Gasteiger partial charge in [-0.1, -0.05) is 6.07 Å². The van der Waals surface area contributed by atoms with Gasteiger partial charge in [-0.25, -0.2) is 4.98 Å². The molecule has 0 spiro atoms. The Morgan fingerprint density at radius 2 is 1.81 bits per heavy atom. The van der Waals surface area contributed by atoms with Gasteiger partial charge in [0.1, 0.15) is 5.82 Å². The van der Waals surface area contributed by atoms with E-state index in [2.05, 4.69) is 36.2 Å². The van der Waals surface area contributed by atoms with E-state index in [1.165, 1.54) is 12.3 Å². The molecule has 0 unspecified atom stereocenters. The first-order chi connectivity index (χ1) is 14.4. The molecule has 0 amide bonds. The van der Waals surface area contributed by atoms with E-state index in [0.717, 1.165) is 17.0 Å². The summed E-state index contributed by atoms with van der Waals surface area (Å²) in [6.07, 6.45) is -1.41. The third-order valence-electron chi connectivity index (χ3n) is 3.62. The van der Waals surface area contributed by atoms with Crippen LogP contribution in [-0.4, -0.2) is 32.1 Å². The standard InChI is InChI=1S/C12H11N2O.C8H4F3N4.Ir/c1-9-8-13-11(12(14-9)15-2)10-6-4-3-5-7-10;9-8(10,11)7-13-6(14-15-7)5-3-1-2-4-12-5;/h3-6,8H,1-2H3;1-4H;/q2*-1;. The summed E-state index contributed by atoms with van der Waals surface area (Å²) < 4.78 is 41.6. The van der Waals surface area contributed by atoms with Gasteiger partial charge in [-0.3, -0.25) is 15.1 Å². The van der Waals surface area contributed by atoms with E-state index in [1.807, 2.05) is 31.2 Å². The molecule has 0 saturated heterocycles. The minimum atomic E-state index is -4.57. The van der Waals surface area contributed by atoms with Crippen molar-refractivity contribution in [2.45, 2.75) is 13.1 Å². The molecule has 4 aromatic rings. The van der Waals surface area contributed by atoms with Crippen LogP contribution >= 0.6 is 0 Å². The van der Waals surface area contributed by atoms with Crippen LogP contribution in [0.4, 0.5) is 13.2 Å². The normalized spacial score (nSPS) is 10.5. The number of aryl methyl sites for hydroxylation is 1. The minimum Gasteiger partial charge on any atom is -0.486 e.